The number of nitrogens with one attached hydrogen (secondary N) is 3. The molecule has 1 unspecified atom stereocenters. The smallest absolute Gasteiger partial charge is 0.330 e. The number of hydrogen-bond acceptors (Lipinski definition) is 7. The lowest BCUT2D eigenvalue weighted by atomic mass is 9.82. The maximum absolute atomic E-state index is 13.8. The monoisotopic (exact) mass is 625 g/mol. The maximum atomic E-state index is 13.8. The number of rotatable bonds is 13. The van der Waals surface area contributed by atoms with E-state index in [1.54, 1.807) is 35.2 Å². The highest BCUT2D eigenvalue weighted by atomic mass is 16.4. The van der Waals surface area contributed by atoms with Crippen LogP contribution in [0.3, 0.4) is 0 Å². The van der Waals surface area contributed by atoms with Gasteiger partial charge >= 0.3 is 5.97 Å². The van der Waals surface area contributed by atoms with E-state index in [-0.39, 0.29) is 30.2 Å². The number of carbonyl (C=O) groups is 6. The van der Waals surface area contributed by atoms with Crippen LogP contribution < -0.4 is 21.7 Å². The summed E-state index contributed by atoms with van der Waals surface area (Å²) in [6.45, 7) is 1.19. The number of amides is 4. The molecule has 4 amide bonds. The van der Waals surface area contributed by atoms with Crippen LogP contribution in [0.2, 0.25) is 0 Å². The minimum atomic E-state index is -1.33. The van der Waals surface area contributed by atoms with Gasteiger partial charge in [0.1, 0.15) is 6.04 Å². The van der Waals surface area contributed by atoms with Crippen molar-refractivity contribution >= 4 is 35.4 Å². The van der Waals surface area contributed by atoms with Gasteiger partial charge in [0.05, 0.1) is 18.6 Å². The van der Waals surface area contributed by atoms with Crippen LogP contribution >= 0.6 is 0 Å². The number of likely N-dealkylation sites (tertiary alicyclic amines) is 1. The summed E-state index contributed by atoms with van der Waals surface area (Å²) in [6, 6.07) is 4.11. The molecule has 0 radical (unpaired) electrons. The van der Waals surface area contributed by atoms with Gasteiger partial charge in [-0.15, -0.1) is 0 Å². The Bertz CT molecular complexity index is 1240. The molecule has 1 aliphatic heterocycles. The van der Waals surface area contributed by atoms with E-state index in [9.17, 15) is 33.9 Å². The zero-order valence-corrected chi connectivity index (χ0v) is 26.0. The molecule has 0 aromatic heterocycles. The molecule has 12 heteroatoms. The van der Waals surface area contributed by atoms with Crippen LogP contribution in [0, 0.1) is 11.8 Å². The second-order valence-corrected chi connectivity index (χ2v) is 12.7. The van der Waals surface area contributed by atoms with Crippen molar-refractivity contribution in [3.05, 3.63) is 35.9 Å². The largest absolute Gasteiger partial charge is 0.479 e. The molecule has 1 aromatic rings. The van der Waals surface area contributed by atoms with Crippen molar-refractivity contribution in [1.29, 1.82) is 0 Å². The first-order valence-corrected chi connectivity index (χ1v) is 16.4. The molecular formula is C33H47N5O7. The summed E-state index contributed by atoms with van der Waals surface area (Å²) in [7, 11) is 0. The molecule has 2 aliphatic carbocycles. The van der Waals surface area contributed by atoms with E-state index in [2.05, 4.69) is 16.0 Å². The Morgan fingerprint density at radius 2 is 1.60 bits per heavy atom. The molecule has 1 heterocycles. The Kier molecular flexibility index (Phi) is 12.1. The predicted molar refractivity (Wildman–Crippen MR) is 165 cm³/mol. The summed E-state index contributed by atoms with van der Waals surface area (Å²) in [4.78, 5) is 79.4. The van der Waals surface area contributed by atoms with E-state index >= 15 is 0 Å². The number of carboxylic acids is 1. The highest BCUT2D eigenvalue weighted by molar-refractivity contribution is 6.38. The molecule has 0 spiro atoms. The quantitative estimate of drug-likeness (QED) is 0.206. The molecule has 3 fully saturated rings. The molecule has 1 aromatic carbocycles. The molecule has 12 nitrogen and oxygen atoms in total. The van der Waals surface area contributed by atoms with E-state index < -0.39 is 60.2 Å². The van der Waals surface area contributed by atoms with Gasteiger partial charge in [0.25, 0.3) is 5.91 Å². The molecular weight excluding hydrogens is 578 g/mol. The third-order valence-electron chi connectivity index (χ3n) is 9.62. The number of nitrogens with two attached hydrogens (primary N) is 1. The van der Waals surface area contributed by atoms with Gasteiger partial charge in [0.15, 0.2) is 6.04 Å². The van der Waals surface area contributed by atoms with Crippen molar-refractivity contribution < 1.29 is 33.9 Å². The van der Waals surface area contributed by atoms with Crippen molar-refractivity contribution in [1.82, 2.24) is 20.9 Å². The Morgan fingerprint density at radius 3 is 2.27 bits per heavy atom. The Morgan fingerprint density at radius 1 is 0.933 bits per heavy atom. The minimum Gasteiger partial charge on any atom is -0.479 e. The summed E-state index contributed by atoms with van der Waals surface area (Å²) in [5, 5.41) is 16.9. The lowest BCUT2D eigenvalue weighted by Gasteiger charge is -2.37. The molecule has 6 atom stereocenters. The van der Waals surface area contributed by atoms with E-state index in [0.29, 0.717) is 18.4 Å². The van der Waals surface area contributed by atoms with Crippen LogP contribution in [0.5, 0.6) is 0 Å². The Balaban J connectivity index is 1.39. The maximum Gasteiger partial charge on any atom is 0.330 e. The number of ketones is 1. The van der Waals surface area contributed by atoms with E-state index in [1.165, 1.54) is 0 Å². The van der Waals surface area contributed by atoms with Gasteiger partial charge < -0.3 is 31.7 Å². The molecule has 0 bridgehead atoms. The van der Waals surface area contributed by atoms with Gasteiger partial charge in [-0.05, 0) is 55.9 Å². The SMILES string of the molecule is CCCC(NC(=O)[C@@H]1C[C@@H]2CCCC[C@@H]2N1C(=O)[C@@H](N)C1CCCCC1)C(=O)C(=O)NCC(=O)N[C@H](C(=O)O)c1ccccc1. The fourth-order valence-electron chi connectivity index (χ4n) is 7.25. The van der Waals surface area contributed by atoms with Crippen molar-refractivity contribution in [2.75, 3.05) is 6.54 Å². The standard InChI is InChI=1S/C33H47N5O7/c1-2-11-23(29(40)31(42)35-19-26(39)37-28(33(44)45)21-14-7-4-8-15-21)36-30(41)25-18-22-16-9-10-17-24(22)38(25)32(43)27(34)20-12-5-3-6-13-20/h4,7-8,14-15,20,22-25,27-28H,2-3,5-6,9-13,16-19,34H2,1H3,(H,35,42)(H,36,41)(H,37,39)(H,44,45)/t22-,23?,24-,25-,27-,28-/m0/s1. The second-order valence-electron chi connectivity index (χ2n) is 12.7. The molecule has 246 valence electrons. The van der Waals surface area contributed by atoms with Gasteiger partial charge in [-0.1, -0.05) is 75.8 Å². The molecule has 6 N–H and O–H groups in total. The van der Waals surface area contributed by atoms with Gasteiger partial charge in [0.2, 0.25) is 23.5 Å². The predicted octanol–water partition coefficient (Wildman–Crippen LogP) is 1.97. The van der Waals surface area contributed by atoms with Crippen LogP contribution in [0.1, 0.15) is 95.6 Å². The second kappa shape index (κ2) is 16.0. The fraction of sp³-hybridized carbons (Fsp3) is 0.636. The first-order chi connectivity index (χ1) is 21.6. The summed E-state index contributed by atoms with van der Waals surface area (Å²) in [5.74, 6) is -4.45. The number of nitrogens with zero attached hydrogens (tertiary/aromatic N) is 1. The van der Waals surface area contributed by atoms with E-state index in [1.807, 2.05) is 6.92 Å². The first-order valence-electron chi connectivity index (χ1n) is 16.4. The highest BCUT2D eigenvalue weighted by Crippen LogP contribution is 2.41. The van der Waals surface area contributed by atoms with Crippen molar-refractivity contribution in [3.8, 4) is 0 Å². The molecule has 45 heavy (non-hydrogen) atoms. The topological polar surface area (TPSA) is 188 Å². The van der Waals surface area contributed by atoms with Gasteiger partial charge in [-0.2, -0.15) is 0 Å². The molecule has 1 saturated heterocycles. The molecule has 2 saturated carbocycles. The van der Waals surface area contributed by atoms with Crippen molar-refractivity contribution in [2.24, 2.45) is 17.6 Å². The van der Waals surface area contributed by atoms with Gasteiger partial charge in [0, 0.05) is 6.04 Å². The number of benzene rings is 1. The molecule has 3 aliphatic rings. The third kappa shape index (κ3) is 8.47. The van der Waals surface area contributed by atoms with Crippen molar-refractivity contribution in [3.63, 3.8) is 0 Å². The Hall–Kier alpha value is -3.80. The van der Waals surface area contributed by atoms with Crippen LogP contribution in [0.15, 0.2) is 30.3 Å². The number of Topliss-reactive ketones (excluding diaryl/α,β-unsaturated/α-hetero) is 1. The number of carboxylic acid groups (broad SMARTS) is 1. The lowest BCUT2D eigenvalue weighted by molar-refractivity contribution is -0.145. The lowest BCUT2D eigenvalue weighted by Crippen LogP contribution is -2.58. The summed E-state index contributed by atoms with van der Waals surface area (Å²) in [6.07, 6.45) is 9.93. The first kappa shape index (κ1) is 34.1. The average molecular weight is 626 g/mol. The zero-order chi connectivity index (χ0) is 32.5. The van der Waals surface area contributed by atoms with Crippen LogP contribution in [0.4, 0.5) is 0 Å². The molecule has 4 rings (SSSR count). The van der Waals surface area contributed by atoms with E-state index in [0.717, 1.165) is 57.8 Å². The van der Waals surface area contributed by atoms with Crippen molar-refractivity contribution in [2.45, 2.75) is 114 Å². The number of fused-ring (bicyclic) bond motifs is 1. The Labute approximate surface area is 264 Å². The summed E-state index contributed by atoms with van der Waals surface area (Å²) < 4.78 is 0. The average Bonchev–Trinajstić information content (AvgIpc) is 3.45. The normalized spacial score (nSPS) is 23.6. The highest BCUT2D eigenvalue weighted by Gasteiger charge is 2.49. The van der Waals surface area contributed by atoms with Crippen LogP contribution in [0.25, 0.3) is 0 Å². The van der Waals surface area contributed by atoms with E-state index in [4.69, 9.17) is 5.73 Å². The minimum absolute atomic E-state index is 0.0655. The third-order valence-corrected chi connectivity index (χ3v) is 9.62. The number of aliphatic carboxylic acids is 1. The van der Waals surface area contributed by atoms with Crippen LogP contribution in [-0.2, 0) is 28.8 Å². The summed E-state index contributed by atoms with van der Waals surface area (Å²) >= 11 is 0. The van der Waals surface area contributed by atoms with Gasteiger partial charge in [-0.25, -0.2) is 4.79 Å². The summed E-state index contributed by atoms with van der Waals surface area (Å²) in [5.41, 5.74) is 6.89. The number of carbonyl (C=O) groups excluding carboxylic acids is 5. The van der Waals surface area contributed by atoms with Gasteiger partial charge in [-0.3, -0.25) is 24.0 Å². The fourth-order valence-corrected chi connectivity index (χ4v) is 7.25. The number of hydrogen-bond donors (Lipinski definition) is 5. The zero-order valence-electron chi connectivity index (χ0n) is 26.0. The van der Waals surface area contributed by atoms with Crippen LogP contribution in [-0.4, -0.2) is 76.1 Å².